The van der Waals surface area contributed by atoms with Crippen LogP contribution in [0.3, 0.4) is 0 Å². The first-order valence-electron chi connectivity index (χ1n) is 7.17. The minimum atomic E-state index is -0.323. The second-order valence-electron chi connectivity index (χ2n) is 5.78. The molecule has 0 aromatic rings. The van der Waals surface area contributed by atoms with Crippen molar-refractivity contribution in [3.8, 4) is 0 Å². The van der Waals surface area contributed by atoms with E-state index in [9.17, 15) is 9.59 Å². The highest BCUT2D eigenvalue weighted by atomic mass is 16.2. The van der Waals surface area contributed by atoms with Crippen LogP contribution in [0.4, 0.5) is 0 Å². The number of hydrogen-bond donors (Lipinski definition) is 2. The molecule has 108 valence electrons. The fraction of sp³-hybridized carbons (Fsp3) is 0.500. The van der Waals surface area contributed by atoms with Gasteiger partial charge in [-0.05, 0) is 29.9 Å². The van der Waals surface area contributed by atoms with Gasteiger partial charge >= 0.3 is 0 Å². The van der Waals surface area contributed by atoms with Crippen LogP contribution in [0.2, 0.25) is 0 Å². The second kappa shape index (κ2) is 6.07. The fourth-order valence-corrected chi connectivity index (χ4v) is 2.45. The molecule has 1 aliphatic heterocycles. The molecule has 0 saturated carbocycles. The zero-order chi connectivity index (χ0) is 14.7. The van der Waals surface area contributed by atoms with Gasteiger partial charge in [0.05, 0.1) is 0 Å². The number of nitrogens with one attached hydrogen (secondary N) is 2. The first-order valence-corrected chi connectivity index (χ1v) is 7.17. The SMILES string of the molecule is CC1C=C(NC2CCC(=O)NC2=O)C=CC(C(C)C)=C1. The summed E-state index contributed by atoms with van der Waals surface area (Å²) in [7, 11) is 0. The van der Waals surface area contributed by atoms with Crippen molar-refractivity contribution in [3.05, 3.63) is 35.6 Å². The lowest BCUT2D eigenvalue weighted by atomic mass is 9.99. The number of carbonyl (C=O) groups is 2. The molecule has 2 amide bonds. The lowest BCUT2D eigenvalue weighted by Gasteiger charge is -2.23. The molecule has 1 fully saturated rings. The van der Waals surface area contributed by atoms with E-state index in [2.05, 4.69) is 49.6 Å². The van der Waals surface area contributed by atoms with Crippen molar-refractivity contribution < 1.29 is 9.59 Å². The molecule has 1 saturated heterocycles. The fourth-order valence-electron chi connectivity index (χ4n) is 2.45. The van der Waals surface area contributed by atoms with Crippen molar-refractivity contribution in [1.82, 2.24) is 10.6 Å². The van der Waals surface area contributed by atoms with Gasteiger partial charge in [-0.1, -0.05) is 39.0 Å². The maximum Gasteiger partial charge on any atom is 0.249 e. The van der Waals surface area contributed by atoms with Crippen molar-refractivity contribution >= 4 is 11.8 Å². The highest BCUT2D eigenvalue weighted by molar-refractivity contribution is 6.00. The van der Waals surface area contributed by atoms with E-state index in [4.69, 9.17) is 0 Å². The number of piperidine rings is 1. The quantitative estimate of drug-likeness (QED) is 0.774. The first kappa shape index (κ1) is 14.6. The van der Waals surface area contributed by atoms with Crippen molar-refractivity contribution in [3.63, 3.8) is 0 Å². The second-order valence-corrected chi connectivity index (χ2v) is 5.78. The zero-order valence-electron chi connectivity index (χ0n) is 12.3. The Bertz CT molecular complexity index is 501. The Morgan fingerprint density at radius 1 is 1.25 bits per heavy atom. The number of hydrogen-bond acceptors (Lipinski definition) is 3. The predicted octanol–water partition coefficient (Wildman–Crippen LogP) is 2.05. The maximum atomic E-state index is 11.8. The van der Waals surface area contributed by atoms with Gasteiger partial charge < -0.3 is 5.32 Å². The molecular formula is C16H22N2O2. The highest BCUT2D eigenvalue weighted by Crippen LogP contribution is 2.20. The summed E-state index contributed by atoms with van der Waals surface area (Å²) in [6, 6.07) is -0.323. The topological polar surface area (TPSA) is 58.2 Å². The number of carbonyl (C=O) groups excluding carboxylic acids is 2. The third kappa shape index (κ3) is 3.59. The maximum absolute atomic E-state index is 11.8. The Balaban J connectivity index is 2.05. The van der Waals surface area contributed by atoms with E-state index in [0.717, 1.165) is 5.70 Å². The number of allylic oxidation sites excluding steroid dienone is 5. The van der Waals surface area contributed by atoms with Crippen LogP contribution in [0.25, 0.3) is 0 Å². The van der Waals surface area contributed by atoms with E-state index in [1.54, 1.807) is 0 Å². The van der Waals surface area contributed by atoms with Crippen LogP contribution in [0.1, 0.15) is 33.6 Å². The summed E-state index contributed by atoms with van der Waals surface area (Å²) in [4.78, 5) is 22.9. The van der Waals surface area contributed by atoms with Gasteiger partial charge in [0.1, 0.15) is 6.04 Å². The molecule has 0 aromatic carbocycles. The summed E-state index contributed by atoms with van der Waals surface area (Å²) in [5, 5.41) is 5.60. The molecule has 0 spiro atoms. The van der Waals surface area contributed by atoms with Crippen LogP contribution in [0, 0.1) is 11.8 Å². The Hall–Kier alpha value is -1.84. The summed E-state index contributed by atoms with van der Waals surface area (Å²) >= 11 is 0. The monoisotopic (exact) mass is 274 g/mol. The molecule has 1 aliphatic carbocycles. The van der Waals surface area contributed by atoms with Crippen LogP contribution in [-0.2, 0) is 9.59 Å². The molecule has 2 unspecified atom stereocenters. The molecule has 4 nitrogen and oxygen atoms in total. The van der Waals surface area contributed by atoms with E-state index in [1.165, 1.54) is 5.57 Å². The van der Waals surface area contributed by atoms with E-state index in [-0.39, 0.29) is 17.9 Å². The van der Waals surface area contributed by atoms with Gasteiger partial charge in [-0.3, -0.25) is 14.9 Å². The summed E-state index contributed by atoms with van der Waals surface area (Å²) in [5.74, 6) is 0.385. The van der Waals surface area contributed by atoms with E-state index in [1.807, 2.05) is 6.08 Å². The molecule has 2 atom stereocenters. The van der Waals surface area contributed by atoms with Crippen LogP contribution < -0.4 is 10.6 Å². The average molecular weight is 274 g/mol. The first-order chi connectivity index (χ1) is 9.45. The van der Waals surface area contributed by atoms with E-state index >= 15 is 0 Å². The van der Waals surface area contributed by atoms with Crippen molar-refractivity contribution in [1.29, 1.82) is 0 Å². The van der Waals surface area contributed by atoms with Crippen LogP contribution >= 0.6 is 0 Å². The van der Waals surface area contributed by atoms with Gasteiger partial charge in [0.15, 0.2) is 0 Å². The highest BCUT2D eigenvalue weighted by Gasteiger charge is 2.26. The van der Waals surface area contributed by atoms with Gasteiger partial charge in [0.2, 0.25) is 11.8 Å². The van der Waals surface area contributed by atoms with Gasteiger partial charge in [-0.2, -0.15) is 0 Å². The van der Waals surface area contributed by atoms with Crippen molar-refractivity contribution in [2.75, 3.05) is 0 Å². The molecular weight excluding hydrogens is 252 g/mol. The molecule has 2 aliphatic rings. The summed E-state index contributed by atoms with van der Waals surface area (Å²) in [6.07, 6.45) is 9.40. The number of amides is 2. The van der Waals surface area contributed by atoms with E-state index < -0.39 is 0 Å². The van der Waals surface area contributed by atoms with Crippen LogP contribution in [-0.4, -0.2) is 17.9 Å². The third-order valence-corrected chi connectivity index (χ3v) is 3.60. The third-order valence-electron chi connectivity index (χ3n) is 3.60. The average Bonchev–Trinajstić information content (AvgIpc) is 2.54. The Kier molecular flexibility index (Phi) is 4.42. The molecule has 0 bridgehead atoms. The zero-order valence-corrected chi connectivity index (χ0v) is 12.3. The summed E-state index contributed by atoms with van der Waals surface area (Å²) < 4.78 is 0. The normalized spacial score (nSPS) is 26.8. The van der Waals surface area contributed by atoms with Gasteiger partial charge in [-0.25, -0.2) is 0 Å². The molecule has 0 aromatic heterocycles. The Morgan fingerprint density at radius 2 is 2.00 bits per heavy atom. The Labute approximate surface area is 120 Å². The summed E-state index contributed by atoms with van der Waals surface area (Å²) in [5.41, 5.74) is 2.24. The number of rotatable bonds is 3. The van der Waals surface area contributed by atoms with Gasteiger partial charge in [0, 0.05) is 12.1 Å². The lowest BCUT2D eigenvalue weighted by Crippen LogP contribution is -2.50. The summed E-state index contributed by atoms with van der Waals surface area (Å²) in [6.45, 7) is 6.46. The van der Waals surface area contributed by atoms with Crippen molar-refractivity contribution in [2.45, 2.75) is 39.7 Å². The molecule has 2 rings (SSSR count). The molecule has 1 heterocycles. The van der Waals surface area contributed by atoms with Gasteiger partial charge in [0.25, 0.3) is 0 Å². The molecule has 0 radical (unpaired) electrons. The van der Waals surface area contributed by atoms with E-state index in [0.29, 0.717) is 24.7 Å². The van der Waals surface area contributed by atoms with Crippen LogP contribution in [0.15, 0.2) is 35.6 Å². The van der Waals surface area contributed by atoms with Crippen LogP contribution in [0.5, 0.6) is 0 Å². The predicted molar refractivity (Wildman–Crippen MR) is 78.6 cm³/mol. The number of imide groups is 1. The lowest BCUT2D eigenvalue weighted by molar-refractivity contribution is -0.134. The van der Waals surface area contributed by atoms with Crippen molar-refractivity contribution in [2.24, 2.45) is 11.8 Å². The molecule has 4 heteroatoms. The minimum Gasteiger partial charge on any atom is -0.374 e. The van der Waals surface area contributed by atoms with Gasteiger partial charge in [-0.15, -0.1) is 0 Å². The Morgan fingerprint density at radius 3 is 2.65 bits per heavy atom. The molecule has 20 heavy (non-hydrogen) atoms. The standard InChI is InChI=1S/C16H22N2O2/c1-10(2)12-4-5-13(9-11(3)8-12)17-14-6-7-15(19)18-16(14)20/h4-5,8-11,14,17H,6-7H2,1-3H3,(H,18,19,20). The minimum absolute atomic E-state index is 0.185. The largest absolute Gasteiger partial charge is 0.374 e. The smallest absolute Gasteiger partial charge is 0.249 e. The molecule has 2 N–H and O–H groups in total.